The lowest BCUT2D eigenvalue weighted by atomic mass is 10.0. The van der Waals surface area contributed by atoms with Gasteiger partial charge in [0.25, 0.3) is 0 Å². The van der Waals surface area contributed by atoms with E-state index in [4.69, 9.17) is 143 Å². The van der Waals surface area contributed by atoms with Crippen molar-refractivity contribution in [2.45, 2.75) is 175 Å². The van der Waals surface area contributed by atoms with Crippen molar-refractivity contribution in [1.82, 2.24) is 29.4 Å². The number of aliphatic hydroxyl groups excluding tert-OH is 14. The molecule has 0 aliphatic carbocycles. The molecule has 1 aromatic rings. The van der Waals surface area contributed by atoms with Crippen LogP contribution in [0.15, 0.2) is 30.3 Å². The average Bonchev–Trinajstić information content (AvgIpc) is 0.843. The summed E-state index contributed by atoms with van der Waals surface area (Å²) in [6.45, 7) is 38.9. The first-order valence-electron chi connectivity index (χ1n) is 48.6. The first kappa shape index (κ1) is 134. The maximum atomic E-state index is 9.08. The van der Waals surface area contributed by atoms with Gasteiger partial charge in [0.05, 0.1) is 276 Å². The molecule has 0 spiro atoms. The number of β-amino-alcohol motifs (C(OH)–C–C–N with tert-alkyl or cyclic N) is 2. The summed E-state index contributed by atoms with van der Waals surface area (Å²) in [7, 11) is 0. The molecule has 1 rings (SSSR count). The minimum Gasteiger partial charge on any atom is -0.491 e. The van der Waals surface area contributed by atoms with Gasteiger partial charge in [0, 0.05) is 85.1 Å². The summed E-state index contributed by atoms with van der Waals surface area (Å²) < 4.78 is 80.9. The van der Waals surface area contributed by atoms with Gasteiger partial charge in [0.1, 0.15) is 12.4 Å². The van der Waals surface area contributed by atoms with E-state index in [0.29, 0.717) is 192 Å². The maximum Gasteiger partial charge on any atom is 0.119 e. The Hall–Kier alpha value is -2.34. The molecular formula is C93H196N6O29. The fourth-order valence-electron chi connectivity index (χ4n) is 12.2. The van der Waals surface area contributed by atoms with Crippen LogP contribution in [0.5, 0.6) is 5.75 Å². The molecule has 0 atom stereocenters. The first-order valence-corrected chi connectivity index (χ1v) is 48.6. The van der Waals surface area contributed by atoms with Crippen molar-refractivity contribution in [1.29, 1.82) is 0 Å². The van der Waals surface area contributed by atoms with Gasteiger partial charge in [-0.15, -0.1) is 0 Å². The van der Waals surface area contributed by atoms with Gasteiger partial charge in [-0.3, -0.25) is 24.5 Å². The molecule has 772 valence electrons. The Morgan fingerprint density at radius 1 is 0.195 bits per heavy atom. The monoisotopic (exact) mass is 1860 g/mol. The topological polar surface area (TPSA) is 441 Å². The summed E-state index contributed by atoms with van der Waals surface area (Å²) in [4.78, 5) is 13.0. The van der Waals surface area contributed by atoms with Crippen LogP contribution in [0.1, 0.15) is 169 Å². The van der Waals surface area contributed by atoms with Gasteiger partial charge >= 0.3 is 0 Å². The van der Waals surface area contributed by atoms with Gasteiger partial charge in [0.2, 0.25) is 0 Å². The van der Waals surface area contributed by atoms with Gasteiger partial charge in [-0.05, 0) is 64.1 Å². The molecule has 35 nitrogen and oxygen atoms in total. The molecule has 0 radical (unpaired) electrons. The normalized spacial score (nSPS) is 11.5. The van der Waals surface area contributed by atoms with E-state index in [1.165, 1.54) is 153 Å². The van der Waals surface area contributed by atoms with Crippen LogP contribution >= 0.6 is 0 Å². The van der Waals surface area contributed by atoms with Gasteiger partial charge in [-0.25, -0.2) is 0 Å². The lowest BCUT2D eigenvalue weighted by molar-refractivity contribution is -0.0578. The molecule has 128 heavy (non-hydrogen) atoms. The molecule has 14 N–H and O–H groups in total. The quantitative estimate of drug-likeness (QED) is 0.0410. The van der Waals surface area contributed by atoms with Crippen molar-refractivity contribution in [2.75, 3.05) is 395 Å². The highest BCUT2D eigenvalue weighted by Gasteiger charge is 2.34. The number of benzene rings is 1. The summed E-state index contributed by atoms with van der Waals surface area (Å²) in [5.74, 6) is 0.841. The second-order valence-corrected chi connectivity index (χ2v) is 30.1. The average molecular weight is 1860 g/mol. The lowest BCUT2D eigenvalue weighted by Gasteiger charge is -2.39. The SMILES string of the molecule is CCCCCCCCCCCCN(CCOCCO)CCOCCO.CCCCCCCCCCCCN(CCOCCOCCO)CCOCCOCCO.CCN(CC)CC.OCCCN(CCOCCOCCO)CCOCCOCCO.OCCN(CCO)C(CO)(CO)CO.OCCOCCN(CCOCCO)CCOCCOCCOc1ccccc1. The van der Waals surface area contributed by atoms with Gasteiger partial charge < -0.3 is 147 Å². The number of hydrogen-bond acceptors (Lipinski definition) is 35. The Balaban J connectivity index is -0.000000490. The summed E-state index contributed by atoms with van der Waals surface area (Å²) in [5.41, 5.74) is -1.18. The fraction of sp³-hybridized carbons (Fsp3) is 0.935. The molecule has 0 saturated carbocycles. The van der Waals surface area contributed by atoms with Crippen LogP contribution in [-0.4, -0.2) is 502 Å². The predicted octanol–water partition coefficient (Wildman–Crippen LogP) is 3.96. The largest absolute Gasteiger partial charge is 0.491 e. The standard InChI is InChI=1S/C24H51NO6.C20H35NO7.C20H43NO4.C15H33NO7.C8H19NO5.C6H15N/c1-2-3-4-5-6-7-8-9-10-11-12-25(13-17-28-21-23-30-19-15-26)14-18-29-22-24-31-20-16-27;22-9-14-24-11-6-21(7-12-25-15-10-23)8-13-26-16-17-27-18-19-28-20-4-2-1-3-5-20;1-2-3-4-5-6-7-8-9-10-11-12-21(13-17-24-19-15-22)14-18-25-20-16-23;17-5-1-2-16(3-8-20-12-14-22-10-6-18)4-9-21-13-15-23-11-7-19;10-3-1-9(2-4-11)8(5-12,6-13)7-14;1-4-7(5-2)6-3/h26-27H,2-24H2,1H3;1-5,22-23H,6-19H2;22-23H,2-20H2,1H3;17-19H,1-15H2;10-14H,1-7H2;4-6H2,1-3H3. The van der Waals surface area contributed by atoms with Crippen LogP contribution in [0.4, 0.5) is 0 Å². The van der Waals surface area contributed by atoms with Crippen molar-refractivity contribution >= 4 is 0 Å². The molecule has 35 heteroatoms. The van der Waals surface area contributed by atoms with Crippen LogP contribution in [0.3, 0.4) is 0 Å². The first-order chi connectivity index (χ1) is 62.9. The van der Waals surface area contributed by atoms with Crippen molar-refractivity contribution in [3.8, 4) is 5.75 Å². The number of ether oxygens (including phenoxy) is 15. The third kappa shape index (κ3) is 106. The smallest absolute Gasteiger partial charge is 0.119 e. The summed E-state index contributed by atoms with van der Waals surface area (Å²) in [5, 5.41) is 123. The fourth-order valence-corrected chi connectivity index (χ4v) is 12.2. The van der Waals surface area contributed by atoms with Gasteiger partial charge in [-0.1, -0.05) is 168 Å². The summed E-state index contributed by atoms with van der Waals surface area (Å²) in [6.07, 6.45) is 27.7. The van der Waals surface area contributed by atoms with Crippen molar-refractivity contribution in [3.63, 3.8) is 0 Å². The van der Waals surface area contributed by atoms with E-state index in [-0.39, 0.29) is 85.8 Å². The molecule has 0 fully saturated rings. The van der Waals surface area contributed by atoms with E-state index in [9.17, 15) is 0 Å². The zero-order chi connectivity index (χ0) is 95.0. The highest BCUT2D eigenvalue weighted by Crippen LogP contribution is 2.16. The van der Waals surface area contributed by atoms with Crippen LogP contribution < -0.4 is 4.74 Å². The lowest BCUT2D eigenvalue weighted by Crippen LogP contribution is -2.58. The minimum atomic E-state index is -1.18. The Labute approximate surface area is 775 Å². The highest BCUT2D eigenvalue weighted by molar-refractivity contribution is 5.20. The van der Waals surface area contributed by atoms with E-state index in [1.54, 1.807) is 0 Å². The van der Waals surface area contributed by atoms with E-state index >= 15 is 0 Å². The Morgan fingerprint density at radius 2 is 0.406 bits per heavy atom. The Kier molecular flexibility index (Phi) is 127. The van der Waals surface area contributed by atoms with Crippen molar-refractivity contribution < 1.29 is 143 Å². The maximum absolute atomic E-state index is 9.08. The number of unbranched alkanes of at least 4 members (excludes halogenated alkanes) is 18. The Morgan fingerprint density at radius 3 is 0.625 bits per heavy atom. The van der Waals surface area contributed by atoms with E-state index in [0.717, 1.165) is 90.7 Å². The molecule has 0 aliphatic rings. The number of nitrogens with zero attached hydrogens (tertiary/aromatic N) is 6. The number of hydrogen-bond donors (Lipinski definition) is 14. The summed E-state index contributed by atoms with van der Waals surface area (Å²) >= 11 is 0. The number of para-hydroxylation sites is 1. The highest BCUT2D eigenvalue weighted by atomic mass is 16.6. The minimum absolute atomic E-state index is 0.0269. The molecule has 0 heterocycles. The molecule has 0 amide bonds. The van der Waals surface area contributed by atoms with Crippen molar-refractivity contribution in [2.24, 2.45) is 0 Å². The molecule has 0 bridgehead atoms. The van der Waals surface area contributed by atoms with E-state index in [1.807, 2.05) is 30.3 Å². The van der Waals surface area contributed by atoms with E-state index in [2.05, 4.69) is 59.1 Å². The molecule has 1 aromatic carbocycles. The van der Waals surface area contributed by atoms with Crippen molar-refractivity contribution in [3.05, 3.63) is 30.3 Å². The van der Waals surface area contributed by atoms with Crippen LogP contribution in [0.25, 0.3) is 0 Å². The number of rotatable bonds is 98. The molecule has 0 saturated heterocycles. The van der Waals surface area contributed by atoms with Gasteiger partial charge in [-0.2, -0.15) is 0 Å². The van der Waals surface area contributed by atoms with Crippen LogP contribution in [0.2, 0.25) is 0 Å². The zero-order valence-corrected chi connectivity index (χ0v) is 81.2. The molecular weight excluding hydrogens is 1670 g/mol. The van der Waals surface area contributed by atoms with Crippen LogP contribution in [0, 0.1) is 0 Å². The second-order valence-electron chi connectivity index (χ2n) is 30.1. The molecule has 0 aromatic heterocycles. The van der Waals surface area contributed by atoms with E-state index < -0.39 is 25.4 Å². The summed E-state index contributed by atoms with van der Waals surface area (Å²) in [6, 6.07) is 9.65. The predicted molar refractivity (Wildman–Crippen MR) is 504 cm³/mol. The Bertz CT molecular complexity index is 1990. The zero-order valence-electron chi connectivity index (χ0n) is 81.2. The third-order valence-corrected chi connectivity index (χ3v) is 19.9. The molecule has 0 unspecified atom stereocenters. The molecule has 0 aliphatic heterocycles. The number of aliphatic hydroxyl groups is 14. The second kappa shape index (κ2) is 121. The third-order valence-electron chi connectivity index (χ3n) is 19.9. The van der Waals surface area contributed by atoms with Crippen LogP contribution in [-0.2, 0) is 66.3 Å². The van der Waals surface area contributed by atoms with Gasteiger partial charge in [0.15, 0.2) is 0 Å².